The van der Waals surface area contributed by atoms with Gasteiger partial charge in [-0.25, -0.2) is 9.59 Å². The van der Waals surface area contributed by atoms with E-state index in [0.29, 0.717) is 19.5 Å². The van der Waals surface area contributed by atoms with Crippen LogP contribution >= 0.6 is 27.3 Å². The maximum Gasteiger partial charge on any atom is 0.329 e. The van der Waals surface area contributed by atoms with Gasteiger partial charge in [0, 0.05) is 18.0 Å². The highest BCUT2D eigenvalue weighted by Crippen LogP contribution is 2.28. The molecule has 1 aromatic rings. The molecule has 21 heavy (non-hydrogen) atoms. The van der Waals surface area contributed by atoms with E-state index < -0.39 is 11.5 Å². The lowest BCUT2D eigenvalue weighted by Crippen LogP contribution is -2.60. The largest absolute Gasteiger partial charge is 0.480 e. The second kappa shape index (κ2) is 6.79. The molecule has 1 unspecified atom stereocenters. The highest BCUT2D eigenvalue weighted by atomic mass is 79.9. The number of nitrogens with zero attached hydrogens (tertiary/aromatic N) is 1. The summed E-state index contributed by atoms with van der Waals surface area (Å²) in [7, 11) is 0. The van der Waals surface area contributed by atoms with Gasteiger partial charge >= 0.3 is 12.0 Å². The molecule has 2 rings (SSSR count). The van der Waals surface area contributed by atoms with Gasteiger partial charge in [0.1, 0.15) is 5.54 Å². The van der Waals surface area contributed by atoms with Gasteiger partial charge in [-0.15, -0.1) is 11.3 Å². The Bertz CT molecular complexity index is 534. The summed E-state index contributed by atoms with van der Waals surface area (Å²) in [6.45, 7) is 2.64. The Morgan fingerprint density at radius 3 is 2.86 bits per heavy atom. The van der Waals surface area contributed by atoms with Gasteiger partial charge in [-0.3, -0.25) is 0 Å². The van der Waals surface area contributed by atoms with Gasteiger partial charge in [-0.05, 0) is 60.7 Å². The summed E-state index contributed by atoms with van der Waals surface area (Å²) in [5.74, 6) is -0.931. The molecule has 0 radical (unpaired) electrons. The number of carbonyl (C=O) groups is 2. The third kappa shape index (κ3) is 3.77. The van der Waals surface area contributed by atoms with Crippen LogP contribution in [0.15, 0.2) is 15.9 Å². The molecule has 1 fully saturated rings. The third-order valence-corrected chi connectivity index (χ3v) is 5.56. The van der Waals surface area contributed by atoms with Crippen LogP contribution in [0.1, 0.15) is 31.1 Å². The summed E-state index contributed by atoms with van der Waals surface area (Å²) >= 11 is 5.04. The number of carboxylic acids is 1. The van der Waals surface area contributed by atoms with Crippen LogP contribution in [0, 0.1) is 0 Å². The number of hydrogen-bond acceptors (Lipinski definition) is 3. The quantitative estimate of drug-likeness (QED) is 0.850. The van der Waals surface area contributed by atoms with Crippen molar-refractivity contribution in [1.82, 2.24) is 10.2 Å². The molecule has 1 aliphatic heterocycles. The predicted octanol–water partition coefficient (Wildman–Crippen LogP) is 3.09. The molecule has 116 valence electrons. The zero-order valence-corrected chi connectivity index (χ0v) is 14.3. The van der Waals surface area contributed by atoms with Crippen LogP contribution in [0.2, 0.25) is 0 Å². The van der Waals surface area contributed by atoms with Crippen molar-refractivity contribution in [3.8, 4) is 0 Å². The number of amides is 2. The molecule has 1 saturated heterocycles. The fourth-order valence-electron chi connectivity index (χ4n) is 2.54. The SMILES string of the molecule is CC1(C(=O)O)CCCCN1C(=O)NCCc1ccc(Br)s1. The lowest BCUT2D eigenvalue weighted by Gasteiger charge is -2.41. The maximum absolute atomic E-state index is 12.3. The van der Waals surface area contributed by atoms with Crippen LogP contribution in [0.25, 0.3) is 0 Å². The van der Waals surface area contributed by atoms with E-state index in [1.807, 2.05) is 12.1 Å². The molecular formula is C14H19BrN2O3S. The molecule has 1 aliphatic rings. The van der Waals surface area contributed by atoms with Gasteiger partial charge in [-0.1, -0.05) is 0 Å². The van der Waals surface area contributed by atoms with Crippen molar-refractivity contribution in [2.75, 3.05) is 13.1 Å². The van der Waals surface area contributed by atoms with Crippen LogP contribution in [-0.2, 0) is 11.2 Å². The Labute approximate surface area is 136 Å². The number of piperidine rings is 1. The standard InChI is InChI=1S/C14H19BrN2O3S/c1-14(12(18)19)7-2-3-9-17(14)13(20)16-8-6-10-4-5-11(15)21-10/h4-5H,2-3,6-9H2,1H3,(H,16,20)(H,18,19). The van der Waals surface area contributed by atoms with E-state index in [1.54, 1.807) is 18.3 Å². The molecule has 0 aromatic carbocycles. The molecular weight excluding hydrogens is 356 g/mol. The summed E-state index contributed by atoms with van der Waals surface area (Å²) < 4.78 is 1.07. The van der Waals surface area contributed by atoms with Crippen molar-refractivity contribution in [3.63, 3.8) is 0 Å². The van der Waals surface area contributed by atoms with Crippen molar-refractivity contribution in [2.45, 2.75) is 38.1 Å². The van der Waals surface area contributed by atoms with Gasteiger partial charge in [0.05, 0.1) is 3.79 Å². The Morgan fingerprint density at radius 2 is 2.24 bits per heavy atom. The first-order valence-electron chi connectivity index (χ1n) is 6.96. The maximum atomic E-state index is 12.3. The minimum Gasteiger partial charge on any atom is -0.480 e. The van der Waals surface area contributed by atoms with E-state index in [9.17, 15) is 14.7 Å². The van der Waals surface area contributed by atoms with Crippen LogP contribution in [-0.4, -0.2) is 40.6 Å². The number of carbonyl (C=O) groups excluding carboxylic acids is 1. The van der Waals surface area contributed by atoms with Crippen molar-refractivity contribution < 1.29 is 14.7 Å². The Balaban J connectivity index is 1.90. The highest BCUT2D eigenvalue weighted by Gasteiger charge is 2.43. The average Bonchev–Trinajstić information content (AvgIpc) is 2.84. The first-order valence-corrected chi connectivity index (χ1v) is 8.57. The van der Waals surface area contributed by atoms with Crippen LogP contribution in [0.5, 0.6) is 0 Å². The average molecular weight is 375 g/mol. The lowest BCUT2D eigenvalue weighted by molar-refractivity contribution is -0.150. The summed E-state index contributed by atoms with van der Waals surface area (Å²) in [5.41, 5.74) is -1.09. The van der Waals surface area contributed by atoms with Gasteiger partial charge in [0.15, 0.2) is 0 Å². The Kier molecular flexibility index (Phi) is 5.27. The third-order valence-electron chi connectivity index (χ3n) is 3.87. The van der Waals surface area contributed by atoms with E-state index >= 15 is 0 Å². The van der Waals surface area contributed by atoms with E-state index in [2.05, 4.69) is 21.2 Å². The monoisotopic (exact) mass is 374 g/mol. The number of nitrogens with one attached hydrogen (secondary N) is 1. The first kappa shape index (κ1) is 16.3. The number of rotatable bonds is 4. The van der Waals surface area contributed by atoms with Crippen LogP contribution in [0.4, 0.5) is 4.79 Å². The molecule has 0 spiro atoms. The minimum atomic E-state index is -1.09. The zero-order chi connectivity index (χ0) is 15.5. The number of urea groups is 1. The molecule has 1 atom stereocenters. The summed E-state index contributed by atoms with van der Waals surface area (Å²) in [6.07, 6.45) is 2.96. The number of halogens is 1. The normalized spacial score (nSPS) is 22.1. The topological polar surface area (TPSA) is 69.6 Å². The van der Waals surface area contributed by atoms with Gasteiger partial charge in [-0.2, -0.15) is 0 Å². The zero-order valence-electron chi connectivity index (χ0n) is 11.9. The summed E-state index contributed by atoms with van der Waals surface area (Å²) in [5, 5.41) is 12.2. The van der Waals surface area contributed by atoms with E-state index in [0.717, 1.165) is 23.0 Å². The van der Waals surface area contributed by atoms with Crippen molar-refractivity contribution in [1.29, 1.82) is 0 Å². The number of aliphatic carboxylic acids is 1. The minimum absolute atomic E-state index is 0.282. The van der Waals surface area contributed by atoms with Gasteiger partial charge in [0.25, 0.3) is 0 Å². The van der Waals surface area contributed by atoms with Crippen LogP contribution < -0.4 is 5.32 Å². The van der Waals surface area contributed by atoms with E-state index in [4.69, 9.17) is 0 Å². The molecule has 0 bridgehead atoms. The van der Waals surface area contributed by atoms with Crippen molar-refractivity contribution >= 4 is 39.3 Å². The predicted molar refractivity (Wildman–Crippen MR) is 85.7 cm³/mol. The molecule has 0 saturated carbocycles. The molecule has 5 nitrogen and oxygen atoms in total. The number of thiophene rings is 1. The molecule has 2 N–H and O–H groups in total. The van der Waals surface area contributed by atoms with Gasteiger partial charge in [0.2, 0.25) is 0 Å². The first-order chi connectivity index (χ1) is 9.93. The Hall–Kier alpha value is -1.08. The molecule has 2 amide bonds. The van der Waals surface area contributed by atoms with E-state index in [-0.39, 0.29) is 6.03 Å². The molecule has 1 aromatic heterocycles. The smallest absolute Gasteiger partial charge is 0.329 e. The highest BCUT2D eigenvalue weighted by molar-refractivity contribution is 9.11. The number of carboxylic acid groups (broad SMARTS) is 1. The summed E-state index contributed by atoms with van der Waals surface area (Å²) in [6, 6.07) is 3.71. The second-order valence-electron chi connectivity index (χ2n) is 5.38. The fourth-order valence-corrected chi connectivity index (χ4v) is 4.03. The van der Waals surface area contributed by atoms with Gasteiger partial charge < -0.3 is 15.3 Å². The molecule has 2 heterocycles. The van der Waals surface area contributed by atoms with Crippen LogP contribution in [0.3, 0.4) is 0 Å². The number of likely N-dealkylation sites (tertiary alicyclic amines) is 1. The van der Waals surface area contributed by atoms with E-state index in [1.165, 1.54) is 9.78 Å². The lowest BCUT2D eigenvalue weighted by atomic mass is 9.89. The second-order valence-corrected chi connectivity index (χ2v) is 7.92. The summed E-state index contributed by atoms with van der Waals surface area (Å²) in [4.78, 5) is 26.4. The Morgan fingerprint density at radius 1 is 1.48 bits per heavy atom. The molecule has 0 aliphatic carbocycles. The van der Waals surface area contributed by atoms with Crippen molar-refractivity contribution in [2.24, 2.45) is 0 Å². The molecule has 7 heteroatoms. The number of hydrogen-bond donors (Lipinski definition) is 2. The van der Waals surface area contributed by atoms with Crippen molar-refractivity contribution in [3.05, 3.63) is 20.8 Å². The fraction of sp³-hybridized carbons (Fsp3) is 0.571.